The van der Waals surface area contributed by atoms with Crippen LogP contribution in [0.25, 0.3) is 5.70 Å². The number of esters is 2. The minimum Gasteiger partial charge on any atom is -0.463 e. The van der Waals surface area contributed by atoms with Crippen molar-refractivity contribution in [3.05, 3.63) is 17.6 Å². The maximum absolute atomic E-state index is 11.9. The summed E-state index contributed by atoms with van der Waals surface area (Å²) in [6.45, 7) is 3.60. The zero-order chi connectivity index (χ0) is 18.2. The molecule has 0 fully saturated rings. The lowest BCUT2D eigenvalue weighted by atomic mass is 10.1. The largest absolute Gasteiger partial charge is 0.463 e. The monoisotopic (exact) mass is 347 g/mol. The minimum atomic E-state index is -0.735. The fourth-order valence-electron chi connectivity index (χ4n) is 2.01. The van der Waals surface area contributed by atoms with Gasteiger partial charge in [-0.25, -0.2) is 14.8 Å². The van der Waals surface area contributed by atoms with Gasteiger partial charge in [0.15, 0.2) is 11.4 Å². The zero-order valence-corrected chi connectivity index (χ0v) is 13.8. The molecule has 0 atom stereocenters. The molecular formula is C15H17N5O5. The molecule has 0 saturated carbocycles. The SMILES string of the molecule is CCOC(=O)/C(C#N)=C1/NC=Nc2c1ncn2COCCOC(C)=O. The normalized spacial score (nSPS) is 14.1. The van der Waals surface area contributed by atoms with Crippen LogP contribution in [0, 0.1) is 11.3 Å². The van der Waals surface area contributed by atoms with Crippen molar-refractivity contribution in [2.24, 2.45) is 4.99 Å². The Kier molecular flexibility index (Phi) is 6.25. The Morgan fingerprint density at radius 3 is 2.84 bits per heavy atom. The molecule has 0 bridgehead atoms. The van der Waals surface area contributed by atoms with Gasteiger partial charge in [0.05, 0.1) is 31.6 Å². The van der Waals surface area contributed by atoms with E-state index in [0.29, 0.717) is 11.5 Å². The first kappa shape index (κ1) is 18.2. The highest BCUT2D eigenvalue weighted by molar-refractivity contribution is 6.04. The van der Waals surface area contributed by atoms with Crippen LogP contribution >= 0.6 is 0 Å². The van der Waals surface area contributed by atoms with Gasteiger partial charge in [0, 0.05) is 6.92 Å². The van der Waals surface area contributed by atoms with Crippen molar-refractivity contribution in [2.45, 2.75) is 20.6 Å². The van der Waals surface area contributed by atoms with E-state index < -0.39 is 5.97 Å². The molecule has 1 aliphatic heterocycles. The summed E-state index contributed by atoms with van der Waals surface area (Å²) >= 11 is 0. The Morgan fingerprint density at radius 1 is 1.36 bits per heavy atom. The second-order valence-corrected chi connectivity index (χ2v) is 4.75. The molecule has 10 nitrogen and oxygen atoms in total. The van der Waals surface area contributed by atoms with E-state index in [1.165, 1.54) is 19.6 Å². The van der Waals surface area contributed by atoms with Gasteiger partial charge in [-0.1, -0.05) is 0 Å². The Labute approximate surface area is 143 Å². The lowest BCUT2D eigenvalue weighted by molar-refractivity contribution is -0.143. The summed E-state index contributed by atoms with van der Waals surface area (Å²) in [5.41, 5.74) is 0.385. The van der Waals surface area contributed by atoms with Crippen molar-refractivity contribution in [1.29, 1.82) is 5.26 Å². The number of aromatic nitrogens is 2. The fraction of sp³-hybridized carbons (Fsp3) is 0.400. The Bertz CT molecular complexity index is 759. The predicted molar refractivity (Wildman–Crippen MR) is 85.3 cm³/mol. The van der Waals surface area contributed by atoms with E-state index in [1.807, 2.05) is 6.07 Å². The van der Waals surface area contributed by atoms with Crippen molar-refractivity contribution in [2.75, 3.05) is 19.8 Å². The van der Waals surface area contributed by atoms with Crippen LogP contribution in [0.5, 0.6) is 0 Å². The number of carbonyl (C=O) groups is 2. The minimum absolute atomic E-state index is 0.121. The molecule has 2 heterocycles. The number of aliphatic imine (C=N–C) groups is 1. The molecule has 0 aliphatic carbocycles. The number of nitrogens with one attached hydrogen (secondary N) is 1. The quantitative estimate of drug-likeness (QED) is 0.326. The van der Waals surface area contributed by atoms with E-state index in [4.69, 9.17) is 14.2 Å². The third kappa shape index (κ3) is 4.42. The van der Waals surface area contributed by atoms with Crippen molar-refractivity contribution >= 4 is 29.8 Å². The van der Waals surface area contributed by atoms with Crippen molar-refractivity contribution < 1.29 is 23.8 Å². The highest BCUT2D eigenvalue weighted by Crippen LogP contribution is 2.28. The first-order chi connectivity index (χ1) is 12.1. The van der Waals surface area contributed by atoms with Gasteiger partial charge in [-0.3, -0.25) is 9.36 Å². The van der Waals surface area contributed by atoms with Crippen LogP contribution in [0.1, 0.15) is 19.5 Å². The summed E-state index contributed by atoms with van der Waals surface area (Å²) in [5.74, 6) is -0.684. The third-order valence-electron chi connectivity index (χ3n) is 3.05. The van der Waals surface area contributed by atoms with Gasteiger partial charge < -0.3 is 19.5 Å². The Hall–Kier alpha value is -3.19. The summed E-state index contributed by atoms with van der Waals surface area (Å²) in [6.07, 6.45) is 2.83. The maximum Gasteiger partial charge on any atom is 0.351 e. The molecular weight excluding hydrogens is 330 g/mol. The van der Waals surface area contributed by atoms with E-state index >= 15 is 0 Å². The van der Waals surface area contributed by atoms with E-state index in [-0.39, 0.29) is 43.8 Å². The average Bonchev–Trinajstić information content (AvgIpc) is 2.99. The summed E-state index contributed by atoms with van der Waals surface area (Å²) < 4.78 is 16.6. The molecule has 132 valence electrons. The molecule has 1 aromatic heterocycles. The molecule has 0 aromatic carbocycles. The van der Waals surface area contributed by atoms with Gasteiger partial charge >= 0.3 is 11.9 Å². The van der Waals surface area contributed by atoms with Crippen molar-refractivity contribution in [1.82, 2.24) is 14.9 Å². The second kappa shape index (κ2) is 8.60. The van der Waals surface area contributed by atoms with Gasteiger partial charge in [-0.05, 0) is 6.92 Å². The van der Waals surface area contributed by atoms with Gasteiger partial charge in [0.25, 0.3) is 0 Å². The number of rotatable bonds is 7. The number of fused-ring (bicyclic) bond motifs is 1. The number of carbonyl (C=O) groups excluding carboxylic acids is 2. The van der Waals surface area contributed by atoms with E-state index in [0.717, 1.165) is 0 Å². The van der Waals surface area contributed by atoms with E-state index in [1.54, 1.807) is 11.5 Å². The molecule has 25 heavy (non-hydrogen) atoms. The number of hydrogen-bond acceptors (Lipinski definition) is 9. The topological polar surface area (TPSA) is 128 Å². The molecule has 1 aliphatic rings. The highest BCUT2D eigenvalue weighted by atomic mass is 16.6. The Balaban J connectivity index is 2.14. The summed E-state index contributed by atoms with van der Waals surface area (Å²) in [7, 11) is 0. The summed E-state index contributed by atoms with van der Waals surface area (Å²) in [5, 5.41) is 12.0. The standard InChI is InChI=1S/C15H17N5O5/c1-3-24-15(22)11(6-16)12-13-14(18-7-17-12)20(8-19-13)9-23-4-5-25-10(2)21/h7-8H,3-5,9H2,1-2H3,(H,17,18)/b12-11+. The van der Waals surface area contributed by atoms with Crippen LogP contribution in [0.2, 0.25) is 0 Å². The first-order valence-electron chi connectivity index (χ1n) is 7.45. The van der Waals surface area contributed by atoms with Crippen LogP contribution in [-0.2, 0) is 30.5 Å². The van der Waals surface area contributed by atoms with Crippen molar-refractivity contribution in [3.8, 4) is 6.07 Å². The summed E-state index contributed by atoms with van der Waals surface area (Å²) in [6, 6.07) is 1.83. The smallest absolute Gasteiger partial charge is 0.351 e. The van der Waals surface area contributed by atoms with E-state index in [2.05, 4.69) is 15.3 Å². The van der Waals surface area contributed by atoms with Crippen LogP contribution < -0.4 is 5.32 Å². The average molecular weight is 347 g/mol. The lowest BCUT2D eigenvalue weighted by Gasteiger charge is -2.14. The van der Waals surface area contributed by atoms with Gasteiger partial charge in [-0.15, -0.1) is 0 Å². The third-order valence-corrected chi connectivity index (χ3v) is 3.05. The molecule has 0 saturated heterocycles. The van der Waals surface area contributed by atoms with Crippen molar-refractivity contribution in [3.63, 3.8) is 0 Å². The molecule has 1 aromatic rings. The van der Waals surface area contributed by atoms with Gasteiger partial charge in [0.1, 0.15) is 25.1 Å². The fourth-order valence-corrected chi connectivity index (χ4v) is 2.01. The Morgan fingerprint density at radius 2 is 2.16 bits per heavy atom. The maximum atomic E-state index is 11.9. The summed E-state index contributed by atoms with van der Waals surface area (Å²) in [4.78, 5) is 30.9. The molecule has 2 rings (SSSR count). The number of hydrogen-bond donors (Lipinski definition) is 1. The molecule has 0 unspecified atom stereocenters. The predicted octanol–water partition coefficient (Wildman–Crippen LogP) is 0.481. The van der Waals surface area contributed by atoms with Crippen LogP contribution in [0.3, 0.4) is 0 Å². The zero-order valence-electron chi connectivity index (χ0n) is 13.8. The first-order valence-corrected chi connectivity index (χ1v) is 7.45. The number of nitrogens with zero attached hydrogens (tertiary/aromatic N) is 4. The second-order valence-electron chi connectivity index (χ2n) is 4.75. The lowest BCUT2D eigenvalue weighted by Crippen LogP contribution is -2.20. The van der Waals surface area contributed by atoms with Crippen LogP contribution in [-0.4, -0.2) is 47.6 Å². The highest BCUT2D eigenvalue weighted by Gasteiger charge is 2.25. The number of imidazole rings is 1. The number of ether oxygens (including phenoxy) is 3. The molecule has 1 N–H and O–H groups in total. The number of nitriles is 1. The van der Waals surface area contributed by atoms with E-state index in [9.17, 15) is 14.9 Å². The molecule has 0 radical (unpaired) electrons. The molecule has 10 heteroatoms. The van der Waals surface area contributed by atoms with Gasteiger partial charge in [0.2, 0.25) is 0 Å². The van der Waals surface area contributed by atoms with Gasteiger partial charge in [-0.2, -0.15) is 5.26 Å². The van der Waals surface area contributed by atoms with Crippen LogP contribution in [0.4, 0.5) is 5.82 Å². The van der Waals surface area contributed by atoms with Crippen LogP contribution in [0.15, 0.2) is 16.9 Å². The molecule has 0 amide bonds. The molecule has 0 spiro atoms.